The van der Waals surface area contributed by atoms with Crippen LogP contribution in [0.5, 0.6) is 0 Å². The minimum atomic E-state index is -0.119. The molecule has 7 nitrogen and oxygen atoms in total. The van der Waals surface area contributed by atoms with Crippen LogP contribution in [0.3, 0.4) is 0 Å². The molecule has 0 unspecified atom stereocenters. The summed E-state index contributed by atoms with van der Waals surface area (Å²) in [5.41, 5.74) is 2.30. The van der Waals surface area contributed by atoms with Gasteiger partial charge in [-0.1, -0.05) is 23.7 Å². The Kier molecular flexibility index (Phi) is 5.72. The molecular weight excluding hydrogens is 402 g/mol. The quantitative estimate of drug-likeness (QED) is 0.642. The summed E-state index contributed by atoms with van der Waals surface area (Å²) in [4.78, 5) is 38.4. The third-order valence-electron chi connectivity index (χ3n) is 5.39. The Hall–Kier alpha value is -2.93. The van der Waals surface area contributed by atoms with Gasteiger partial charge in [0, 0.05) is 43.4 Å². The fraction of sp³-hybridized carbons (Fsp3) is 0.364. The Labute approximate surface area is 179 Å². The lowest BCUT2D eigenvalue weighted by Crippen LogP contribution is -2.51. The van der Waals surface area contributed by atoms with Crippen LogP contribution < -0.4 is 10.5 Å². The Balaban J connectivity index is 1.51. The van der Waals surface area contributed by atoms with Crippen molar-refractivity contribution in [3.63, 3.8) is 0 Å². The number of carbonyl (C=O) groups is 1. The van der Waals surface area contributed by atoms with Crippen molar-refractivity contribution in [2.75, 3.05) is 31.1 Å². The van der Waals surface area contributed by atoms with Gasteiger partial charge >= 0.3 is 0 Å². The number of hydrogen-bond acceptors (Lipinski definition) is 5. The zero-order chi connectivity index (χ0) is 21.3. The van der Waals surface area contributed by atoms with Crippen molar-refractivity contribution in [1.29, 1.82) is 0 Å². The largest absolute Gasteiger partial charge is 0.348 e. The molecule has 3 aromatic rings. The van der Waals surface area contributed by atoms with Gasteiger partial charge in [-0.2, -0.15) is 0 Å². The molecule has 1 amide bonds. The maximum atomic E-state index is 13.1. The van der Waals surface area contributed by atoms with Gasteiger partial charge in [-0.25, -0.2) is 4.98 Å². The molecule has 0 aliphatic carbocycles. The predicted octanol–water partition coefficient (Wildman–Crippen LogP) is 2.92. The van der Waals surface area contributed by atoms with E-state index in [-0.39, 0.29) is 17.5 Å². The number of benzene rings is 1. The van der Waals surface area contributed by atoms with Crippen molar-refractivity contribution in [3.05, 3.63) is 63.7 Å². The van der Waals surface area contributed by atoms with Crippen molar-refractivity contribution >= 4 is 34.4 Å². The average molecular weight is 426 g/mol. The van der Waals surface area contributed by atoms with Gasteiger partial charge in [-0.05, 0) is 37.6 Å². The van der Waals surface area contributed by atoms with E-state index in [1.165, 1.54) is 0 Å². The minimum absolute atomic E-state index is 0.00630. The molecule has 8 heteroatoms. The number of hydrogen-bond donors (Lipinski definition) is 0. The van der Waals surface area contributed by atoms with Crippen molar-refractivity contribution < 1.29 is 4.79 Å². The normalized spacial score (nSPS) is 14.5. The number of halogens is 1. The highest BCUT2D eigenvalue weighted by Gasteiger charge is 2.25. The molecule has 1 aromatic carbocycles. The molecular formula is C22H24ClN5O2. The molecule has 0 saturated carbocycles. The number of nitrogens with zero attached hydrogens (tertiary/aromatic N) is 5. The van der Waals surface area contributed by atoms with E-state index >= 15 is 0 Å². The molecule has 1 fully saturated rings. The first-order chi connectivity index (χ1) is 14.4. The van der Waals surface area contributed by atoms with E-state index in [1.807, 2.05) is 41.8 Å². The summed E-state index contributed by atoms with van der Waals surface area (Å²) in [6.07, 6.45) is 3.71. The number of fused-ring (bicyclic) bond motifs is 1. The van der Waals surface area contributed by atoms with Crippen molar-refractivity contribution in [2.24, 2.45) is 0 Å². The number of aromatic nitrogens is 3. The summed E-state index contributed by atoms with van der Waals surface area (Å²) >= 11 is 5.91. The Morgan fingerprint density at radius 1 is 1.10 bits per heavy atom. The van der Waals surface area contributed by atoms with E-state index in [4.69, 9.17) is 11.6 Å². The average Bonchev–Trinajstić information content (AvgIpc) is 2.74. The molecule has 1 aliphatic rings. The van der Waals surface area contributed by atoms with E-state index in [0.29, 0.717) is 43.4 Å². The Bertz CT molecular complexity index is 1120. The van der Waals surface area contributed by atoms with Crippen LogP contribution in [0.4, 0.5) is 5.82 Å². The second-order valence-corrected chi connectivity index (χ2v) is 8.18. The highest BCUT2D eigenvalue weighted by atomic mass is 35.5. The van der Waals surface area contributed by atoms with Crippen LogP contribution in [0.25, 0.3) is 11.0 Å². The number of piperazine rings is 1. The van der Waals surface area contributed by atoms with Gasteiger partial charge in [-0.3, -0.25) is 19.1 Å². The van der Waals surface area contributed by atoms with Gasteiger partial charge < -0.3 is 9.80 Å². The van der Waals surface area contributed by atoms with Crippen LogP contribution in [0.1, 0.15) is 25.5 Å². The van der Waals surface area contributed by atoms with Crippen LogP contribution in [0.2, 0.25) is 5.02 Å². The zero-order valence-electron chi connectivity index (χ0n) is 17.1. The van der Waals surface area contributed by atoms with Crippen molar-refractivity contribution in [2.45, 2.75) is 26.3 Å². The van der Waals surface area contributed by atoms with Gasteiger partial charge in [0.1, 0.15) is 0 Å². The molecule has 1 saturated heterocycles. The highest BCUT2D eigenvalue weighted by molar-refractivity contribution is 6.30. The van der Waals surface area contributed by atoms with Crippen molar-refractivity contribution in [1.82, 2.24) is 19.4 Å². The molecule has 4 rings (SSSR count). The molecule has 156 valence electrons. The molecule has 3 heterocycles. The molecule has 0 bridgehead atoms. The highest BCUT2D eigenvalue weighted by Crippen LogP contribution is 2.18. The van der Waals surface area contributed by atoms with E-state index in [2.05, 4.69) is 9.97 Å². The monoisotopic (exact) mass is 425 g/mol. The summed E-state index contributed by atoms with van der Waals surface area (Å²) in [5, 5.41) is 0.658. The molecule has 0 atom stereocenters. The van der Waals surface area contributed by atoms with Crippen LogP contribution >= 0.6 is 11.6 Å². The lowest BCUT2D eigenvalue weighted by atomic mass is 10.1. The summed E-state index contributed by atoms with van der Waals surface area (Å²) in [6, 6.07) is 9.15. The first kappa shape index (κ1) is 20.3. The topological polar surface area (TPSA) is 71.3 Å². The maximum Gasteiger partial charge on any atom is 0.294 e. The molecule has 0 spiro atoms. The first-order valence-electron chi connectivity index (χ1n) is 10.1. The molecule has 30 heavy (non-hydrogen) atoms. The van der Waals surface area contributed by atoms with Gasteiger partial charge in [0.15, 0.2) is 5.82 Å². The molecule has 0 N–H and O–H groups in total. The van der Waals surface area contributed by atoms with Crippen LogP contribution in [0, 0.1) is 0 Å². The van der Waals surface area contributed by atoms with Crippen LogP contribution in [-0.2, 0) is 11.2 Å². The number of pyridine rings is 1. The zero-order valence-corrected chi connectivity index (χ0v) is 17.8. The van der Waals surface area contributed by atoms with Crippen LogP contribution in [0.15, 0.2) is 47.5 Å². The fourth-order valence-corrected chi connectivity index (χ4v) is 3.94. The minimum Gasteiger partial charge on any atom is -0.348 e. The number of anilines is 1. The maximum absolute atomic E-state index is 13.1. The van der Waals surface area contributed by atoms with E-state index in [9.17, 15) is 9.59 Å². The van der Waals surface area contributed by atoms with Crippen LogP contribution in [-0.4, -0.2) is 51.5 Å². The summed E-state index contributed by atoms with van der Waals surface area (Å²) in [6.45, 7) is 6.22. The lowest BCUT2D eigenvalue weighted by molar-refractivity contribution is -0.130. The number of rotatable bonds is 4. The standard InChI is InChI=1S/C22H24ClN5O2/c1-15(2)28-19-14-24-8-7-18(19)25-21(22(28)30)27-11-9-26(10-12-27)20(29)13-16-3-5-17(23)6-4-16/h3-8,14-15H,9-13H2,1-2H3. The fourth-order valence-electron chi connectivity index (χ4n) is 3.81. The van der Waals surface area contributed by atoms with E-state index in [1.54, 1.807) is 29.1 Å². The van der Waals surface area contributed by atoms with Gasteiger partial charge in [-0.15, -0.1) is 0 Å². The smallest absolute Gasteiger partial charge is 0.294 e. The van der Waals surface area contributed by atoms with E-state index < -0.39 is 0 Å². The second-order valence-electron chi connectivity index (χ2n) is 7.74. The molecule has 0 radical (unpaired) electrons. The number of amides is 1. The summed E-state index contributed by atoms with van der Waals surface area (Å²) < 4.78 is 1.74. The number of carbonyl (C=O) groups excluding carboxylic acids is 1. The van der Waals surface area contributed by atoms with Gasteiger partial charge in [0.25, 0.3) is 5.56 Å². The van der Waals surface area contributed by atoms with E-state index in [0.717, 1.165) is 16.6 Å². The lowest BCUT2D eigenvalue weighted by Gasteiger charge is -2.35. The third kappa shape index (κ3) is 4.03. The SMILES string of the molecule is CC(C)n1c(=O)c(N2CCN(C(=O)Cc3ccc(Cl)cc3)CC2)nc2ccncc21. The molecule has 1 aliphatic heterocycles. The summed E-state index contributed by atoms with van der Waals surface area (Å²) in [7, 11) is 0. The second kappa shape index (κ2) is 8.44. The van der Waals surface area contributed by atoms with Gasteiger partial charge in [0.2, 0.25) is 5.91 Å². The predicted molar refractivity (Wildman–Crippen MR) is 118 cm³/mol. The van der Waals surface area contributed by atoms with Gasteiger partial charge in [0.05, 0.1) is 23.7 Å². The Morgan fingerprint density at radius 3 is 2.47 bits per heavy atom. The summed E-state index contributed by atoms with van der Waals surface area (Å²) in [5.74, 6) is 0.515. The molecule has 2 aromatic heterocycles. The third-order valence-corrected chi connectivity index (χ3v) is 5.64. The van der Waals surface area contributed by atoms with Crippen molar-refractivity contribution in [3.8, 4) is 0 Å². The Morgan fingerprint density at radius 2 is 1.80 bits per heavy atom. The first-order valence-corrected chi connectivity index (χ1v) is 10.5.